The van der Waals surface area contributed by atoms with E-state index in [0.29, 0.717) is 53.2 Å². The lowest BCUT2D eigenvalue weighted by atomic mass is 9.89. The van der Waals surface area contributed by atoms with Crippen LogP contribution in [0.15, 0.2) is 40.8 Å². The van der Waals surface area contributed by atoms with Crippen molar-refractivity contribution in [3.8, 4) is 5.75 Å². The fourth-order valence-corrected chi connectivity index (χ4v) is 4.26. The molecule has 4 rings (SSSR count). The van der Waals surface area contributed by atoms with Crippen molar-refractivity contribution in [2.45, 2.75) is 51.7 Å². The van der Waals surface area contributed by atoms with Gasteiger partial charge in [0, 0.05) is 35.7 Å². The van der Waals surface area contributed by atoms with Gasteiger partial charge in [0.25, 0.3) is 6.01 Å². The van der Waals surface area contributed by atoms with E-state index in [0.717, 1.165) is 5.56 Å². The molecule has 176 valence electrons. The van der Waals surface area contributed by atoms with E-state index < -0.39 is 11.6 Å². The van der Waals surface area contributed by atoms with Crippen LogP contribution in [0.2, 0.25) is 5.02 Å². The molecule has 1 aromatic heterocycles. The van der Waals surface area contributed by atoms with E-state index in [1.807, 2.05) is 20.8 Å². The second-order valence-corrected chi connectivity index (χ2v) is 9.62. The van der Waals surface area contributed by atoms with Crippen molar-refractivity contribution >= 4 is 28.7 Å². The minimum absolute atomic E-state index is 0.0284. The van der Waals surface area contributed by atoms with Crippen molar-refractivity contribution in [3.63, 3.8) is 0 Å². The number of fused-ring (bicyclic) bond motifs is 1. The van der Waals surface area contributed by atoms with E-state index in [4.69, 9.17) is 25.5 Å². The van der Waals surface area contributed by atoms with Gasteiger partial charge in [0.15, 0.2) is 0 Å². The number of amides is 1. The molecule has 0 radical (unpaired) electrons. The van der Waals surface area contributed by atoms with Crippen LogP contribution in [0, 0.1) is 11.8 Å². The molecule has 0 spiro atoms. The van der Waals surface area contributed by atoms with Gasteiger partial charge in [0.1, 0.15) is 29.4 Å². The van der Waals surface area contributed by atoms with Gasteiger partial charge in [-0.15, -0.1) is 0 Å². The average molecular weight is 478 g/mol. The van der Waals surface area contributed by atoms with Crippen LogP contribution in [0.4, 0.5) is 13.6 Å². The first kappa shape index (κ1) is 23.4. The highest BCUT2D eigenvalue weighted by atomic mass is 35.5. The Labute approximate surface area is 196 Å². The zero-order valence-corrected chi connectivity index (χ0v) is 19.5. The summed E-state index contributed by atoms with van der Waals surface area (Å²) < 4.78 is 44.4. The van der Waals surface area contributed by atoms with E-state index in [9.17, 15) is 13.6 Å². The minimum Gasteiger partial charge on any atom is -0.488 e. The van der Waals surface area contributed by atoms with E-state index in [1.54, 1.807) is 23.1 Å². The van der Waals surface area contributed by atoms with Gasteiger partial charge >= 0.3 is 6.09 Å². The molecule has 1 fully saturated rings. The number of hydrogen-bond donors (Lipinski definition) is 0. The lowest BCUT2D eigenvalue weighted by Crippen LogP contribution is -2.41. The molecule has 2 heterocycles. The van der Waals surface area contributed by atoms with Crippen molar-refractivity contribution in [1.29, 1.82) is 0 Å². The molecule has 0 atom stereocenters. The van der Waals surface area contributed by atoms with Crippen molar-refractivity contribution in [3.05, 3.63) is 64.4 Å². The van der Waals surface area contributed by atoms with Crippen LogP contribution >= 0.6 is 11.6 Å². The van der Waals surface area contributed by atoms with Gasteiger partial charge in [0.2, 0.25) is 0 Å². The largest absolute Gasteiger partial charge is 0.488 e. The second-order valence-electron chi connectivity index (χ2n) is 9.21. The predicted molar refractivity (Wildman–Crippen MR) is 122 cm³/mol. The lowest BCUT2D eigenvalue weighted by Gasteiger charge is -2.34. The monoisotopic (exact) mass is 477 g/mol. The molecule has 1 aliphatic rings. The zero-order valence-electron chi connectivity index (χ0n) is 18.8. The first-order chi connectivity index (χ1) is 15.6. The Morgan fingerprint density at radius 2 is 1.88 bits per heavy atom. The quantitative estimate of drug-likeness (QED) is 0.403. The van der Waals surface area contributed by atoms with Gasteiger partial charge < -0.3 is 18.8 Å². The number of halogens is 3. The number of piperidine rings is 1. The van der Waals surface area contributed by atoms with Gasteiger partial charge in [0.05, 0.1) is 5.02 Å². The maximum absolute atomic E-state index is 14.1. The van der Waals surface area contributed by atoms with E-state index >= 15 is 0 Å². The Balaban J connectivity index is 1.48. The molecular formula is C25H26ClF2NO4. The standard InChI is InChI=1S/C25H26ClF2NO4/c1-25(2,3)33-24(30)29-10-8-15(9-11-29)18-12-17(27)5-7-21(18)31-14-16-4-6-20(26)19-13-22(28)32-23(16)19/h4-7,12-13,15H,8-11,14H2,1-3H3. The third-order valence-electron chi connectivity index (χ3n) is 5.62. The number of nitrogens with zero attached hydrogens (tertiary/aromatic N) is 1. The number of ether oxygens (including phenoxy) is 2. The molecule has 0 N–H and O–H groups in total. The topological polar surface area (TPSA) is 51.9 Å². The molecule has 2 aromatic carbocycles. The van der Waals surface area contributed by atoms with Gasteiger partial charge in [-0.25, -0.2) is 9.18 Å². The summed E-state index contributed by atoms with van der Waals surface area (Å²) >= 11 is 6.13. The van der Waals surface area contributed by atoms with Gasteiger partial charge in [-0.05, 0) is 63.8 Å². The lowest BCUT2D eigenvalue weighted by molar-refractivity contribution is 0.0204. The summed E-state index contributed by atoms with van der Waals surface area (Å²) in [6.07, 6.45) is 0.982. The van der Waals surface area contributed by atoms with Crippen LogP contribution in [-0.2, 0) is 11.3 Å². The number of furan rings is 1. The summed E-state index contributed by atoms with van der Waals surface area (Å²) in [6.45, 7) is 6.63. The van der Waals surface area contributed by atoms with Gasteiger partial charge in [-0.3, -0.25) is 0 Å². The number of benzene rings is 2. The summed E-state index contributed by atoms with van der Waals surface area (Å²) in [5.41, 5.74) is 1.15. The van der Waals surface area contributed by atoms with Crippen LogP contribution in [0.5, 0.6) is 5.75 Å². The fourth-order valence-electron chi connectivity index (χ4n) is 4.05. The number of rotatable bonds is 4. The summed E-state index contributed by atoms with van der Waals surface area (Å²) in [5, 5.41) is 0.865. The second kappa shape index (κ2) is 9.21. The summed E-state index contributed by atoms with van der Waals surface area (Å²) in [5.74, 6) is 0.219. The highest BCUT2D eigenvalue weighted by Gasteiger charge is 2.29. The maximum atomic E-state index is 14.1. The fraction of sp³-hybridized carbons (Fsp3) is 0.400. The molecule has 1 amide bonds. The third-order valence-corrected chi connectivity index (χ3v) is 5.95. The van der Waals surface area contributed by atoms with Crippen molar-refractivity contribution < 1.29 is 27.5 Å². The molecule has 33 heavy (non-hydrogen) atoms. The number of hydrogen-bond acceptors (Lipinski definition) is 4. The number of likely N-dealkylation sites (tertiary alicyclic amines) is 1. The van der Waals surface area contributed by atoms with Crippen LogP contribution in [0.3, 0.4) is 0 Å². The third kappa shape index (κ3) is 5.41. The molecular weight excluding hydrogens is 452 g/mol. The van der Waals surface area contributed by atoms with Crippen LogP contribution in [0.25, 0.3) is 11.0 Å². The van der Waals surface area contributed by atoms with Gasteiger partial charge in [-0.1, -0.05) is 17.7 Å². The molecule has 0 aliphatic carbocycles. The molecule has 5 nitrogen and oxygen atoms in total. The molecule has 0 unspecified atom stereocenters. The molecule has 3 aromatic rings. The molecule has 8 heteroatoms. The Morgan fingerprint density at radius 3 is 2.58 bits per heavy atom. The van der Waals surface area contributed by atoms with Crippen LogP contribution < -0.4 is 4.74 Å². The molecule has 0 bridgehead atoms. The summed E-state index contributed by atoms with van der Waals surface area (Å²) in [7, 11) is 0. The minimum atomic E-state index is -0.724. The smallest absolute Gasteiger partial charge is 0.410 e. The Hall–Kier alpha value is -2.80. The average Bonchev–Trinajstić information content (AvgIpc) is 3.15. The van der Waals surface area contributed by atoms with Crippen molar-refractivity contribution in [1.82, 2.24) is 4.90 Å². The summed E-state index contributed by atoms with van der Waals surface area (Å²) in [4.78, 5) is 14.0. The van der Waals surface area contributed by atoms with Crippen molar-refractivity contribution in [2.75, 3.05) is 13.1 Å². The van der Waals surface area contributed by atoms with E-state index in [-0.39, 0.29) is 24.4 Å². The molecule has 1 saturated heterocycles. The highest BCUT2D eigenvalue weighted by molar-refractivity contribution is 6.35. The normalized spacial score (nSPS) is 15.2. The molecule has 1 aliphatic heterocycles. The Bertz CT molecular complexity index is 1160. The highest BCUT2D eigenvalue weighted by Crippen LogP contribution is 2.36. The van der Waals surface area contributed by atoms with Crippen LogP contribution in [0.1, 0.15) is 50.7 Å². The first-order valence-electron chi connectivity index (χ1n) is 10.9. The summed E-state index contributed by atoms with van der Waals surface area (Å²) in [6, 6.07) is 8.32. The van der Waals surface area contributed by atoms with Crippen LogP contribution in [-0.4, -0.2) is 29.7 Å². The van der Waals surface area contributed by atoms with Crippen molar-refractivity contribution in [2.24, 2.45) is 0 Å². The first-order valence-corrected chi connectivity index (χ1v) is 11.2. The van der Waals surface area contributed by atoms with E-state index in [1.165, 1.54) is 18.2 Å². The molecule has 0 saturated carbocycles. The van der Waals surface area contributed by atoms with Gasteiger partial charge in [-0.2, -0.15) is 4.39 Å². The Morgan fingerprint density at radius 1 is 1.15 bits per heavy atom. The number of carbonyl (C=O) groups is 1. The Kier molecular flexibility index (Phi) is 6.52. The predicted octanol–water partition coefficient (Wildman–Crippen LogP) is 7.06. The maximum Gasteiger partial charge on any atom is 0.410 e. The SMILES string of the molecule is CC(C)(C)OC(=O)N1CCC(c2cc(F)ccc2OCc2ccc(Cl)c3cc(F)oc23)CC1. The number of carbonyl (C=O) groups excluding carboxylic acids is 1. The van der Waals surface area contributed by atoms with E-state index in [2.05, 4.69) is 0 Å². The zero-order chi connectivity index (χ0) is 23.8.